The van der Waals surface area contributed by atoms with Gasteiger partial charge in [-0.25, -0.2) is 0 Å². The van der Waals surface area contributed by atoms with Gasteiger partial charge in [-0.3, -0.25) is 10.1 Å². The fourth-order valence-electron chi connectivity index (χ4n) is 2.51. The van der Waals surface area contributed by atoms with Crippen molar-refractivity contribution in [1.29, 1.82) is 0 Å². The third-order valence-electron chi connectivity index (χ3n) is 3.84. The standard InChI is InChI=1S/C14H19BrN2O2/c1-10-2-5-12(6-3-10)16-9-11-4-7-13(17(18)19)8-14(11)15/h4,7-8,10,12,16H,2-3,5-6,9H2,1H3. The molecule has 0 aliphatic heterocycles. The fourth-order valence-corrected chi connectivity index (χ4v) is 3.02. The van der Waals surface area contributed by atoms with Gasteiger partial charge in [-0.1, -0.05) is 22.9 Å². The maximum Gasteiger partial charge on any atom is 0.270 e. The van der Waals surface area contributed by atoms with E-state index in [-0.39, 0.29) is 10.6 Å². The molecule has 2 rings (SSSR count). The van der Waals surface area contributed by atoms with Gasteiger partial charge in [0.1, 0.15) is 0 Å². The van der Waals surface area contributed by atoms with Gasteiger partial charge in [-0.2, -0.15) is 0 Å². The zero-order valence-corrected chi connectivity index (χ0v) is 12.6. The van der Waals surface area contributed by atoms with Crippen molar-refractivity contribution >= 4 is 21.6 Å². The first kappa shape index (κ1) is 14.5. The second-order valence-electron chi connectivity index (χ2n) is 5.37. The maximum absolute atomic E-state index is 10.7. The quantitative estimate of drug-likeness (QED) is 0.671. The lowest BCUT2D eigenvalue weighted by molar-refractivity contribution is -0.384. The molecular formula is C14H19BrN2O2. The highest BCUT2D eigenvalue weighted by atomic mass is 79.9. The summed E-state index contributed by atoms with van der Waals surface area (Å²) in [6.07, 6.45) is 5.04. The minimum Gasteiger partial charge on any atom is -0.310 e. The van der Waals surface area contributed by atoms with Gasteiger partial charge in [-0.05, 0) is 43.2 Å². The minimum atomic E-state index is -0.371. The van der Waals surface area contributed by atoms with Gasteiger partial charge >= 0.3 is 0 Å². The van der Waals surface area contributed by atoms with E-state index in [1.807, 2.05) is 6.07 Å². The smallest absolute Gasteiger partial charge is 0.270 e. The Kier molecular flexibility index (Phi) is 4.93. The van der Waals surface area contributed by atoms with Crippen molar-refractivity contribution in [2.24, 2.45) is 5.92 Å². The number of nitrogens with one attached hydrogen (secondary N) is 1. The second-order valence-corrected chi connectivity index (χ2v) is 6.22. The molecule has 1 aromatic rings. The summed E-state index contributed by atoms with van der Waals surface area (Å²) < 4.78 is 0.804. The molecule has 0 heterocycles. The van der Waals surface area contributed by atoms with Crippen LogP contribution in [0.2, 0.25) is 0 Å². The summed E-state index contributed by atoms with van der Waals surface area (Å²) in [6, 6.07) is 5.53. The number of hydrogen-bond donors (Lipinski definition) is 1. The molecule has 0 aromatic heterocycles. The molecule has 1 aromatic carbocycles. The van der Waals surface area contributed by atoms with E-state index in [4.69, 9.17) is 0 Å². The summed E-state index contributed by atoms with van der Waals surface area (Å²) in [4.78, 5) is 10.3. The van der Waals surface area contributed by atoms with Crippen LogP contribution >= 0.6 is 15.9 Å². The maximum atomic E-state index is 10.7. The first-order valence-corrected chi connectivity index (χ1v) is 7.51. The molecule has 0 spiro atoms. The molecule has 1 N–H and O–H groups in total. The van der Waals surface area contributed by atoms with Gasteiger partial charge in [0.05, 0.1) is 4.92 Å². The topological polar surface area (TPSA) is 55.2 Å². The molecule has 1 fully saturated rings. The number of halogens is 1. The Morgan fingerprint density at radius 3 is 2.63 bits per heavy atom. The fraction of sp³-hybridized carbons (Fsp3) is 0.571. The molecule has 1 saturated carbocycles. The predicted octanol–water partition coefficient (Wildman–Crippen LogP) is 4.03. The van der Waals surface area contributed by atoms with Gasteiger partial charge in [0.25, 0.3) is 5.69 Å². The molecule has 1 aliphatic rings. The summed E-state index contributed by atoms with van der Waals surface area (Å²) in [6.45, 7) is 3.07. The Morgan fingerprint density at radius 2 is 2.05 bits per heavy atom. The molecule has 19 heavy (non-hydrogen) atoms. The molecule has 0 saturated heterocycles. The molecule has 1 aliphatic carbocycles. The van der Waals surface area contributed by atoms with E-state index in [2.05, 4.69) is 28.2 Å². The van der Waals surface area contributed by atoms with Crippen LogP contribution in [0.4, 0.5) is 5.69 Å². The van der Waals surface area contributed by atoms with Crippen LogP contribution in [0, 0.1) is 16.0 Å². The van der Waals surface area contributed by atoms with Crippen molar-refractivity contribution in [3.8, 4) is 0 Å². The number of nitrogens with zero attached hydrogens (tertiary/aromatic N) is 1. The minimum absolute atomic E-state index is 0.127. The third kappa shape index (κ3) is 4.01. The second kappa shape index (κ2) is 6.48. The van der Waals surface area contributed by atoms with Crippen LogP contribution in [0.1, 0.15) is 38.2 Å². The lowest BCUT2D eigenvalue weighted by atomic mass is 9.87. The van der Waals surface area contributed by atoms with Crippen LogP contribution in [-0.4, -0.2) is 11.0 Å². The van der Waals surface area contributed by atoms with Crippen LogP contribution in [0.25, 0.3) is 0 Å². The number of nitro groups is 1. The molecule has 5 heteroatoms. The van der Waals surface area contributed by atoms with E-state index in [9.17, 15) is 10.1 Å². The number of rotatable bonds is 4. The molecule has 0 bridgehead atoms. The Morgan fingerprint density at radius 1 is 1.37 bits per heavy atom. The Balaban J connectivity index is 1.91. The molecule has 0 atom stereocenters. The molecule has 104 valence electrons. The van der Waals surface area contributed by atoms with Crippen LogP contribution in [-0.2, 0) is 6.54 Å². The zero-order valence-electron chi connectivity index (χ0n) is 11.1. The van der Waals surface area contributed by atoms with Crippen LogP contribution in [0.3, 0.4) is 0 Å². The summed E-state index contributed by atoms with van der Waals surface area (Å²) >= 11 is 3.41. The Bertz CT molecular complexity index is 457. The highest BCUT2D eigenvalue weighted by Crippen LogP contribution is 2.25. The summed E-state index contributed by atoms with van der Waals surface area (Å²) in [5.41, 5.74) is 1.20. The van der Waals surface area contributed by atoms with E-state index in [1.165, 1.54) is 25.7 Å². The normalized spacial score (nSPS) is 23.3. The van der Waals surface area contributed by atoms with Crippen molar-refractivity contribution in [2.75, 3.05) is 0 Å². The van der Waals surface area contributed by atoms with Crippen molar-refractivity contribution in [3.63, 3.8) is 0 Å². The number of hydrogen-bond acceptors (Lipinski definition) is 3. The highest BCUT2D eigenvalue weighted by Gasteiger charge is 2.18. The van der Waals surface area contributed by atoms with Crippen molar-refractivity contribution in [1.82, 2.24) is 5.32 Å². The molecule has 0 amide bonds. The van der Waals surface area contributed by atoms with Crippen LogP contribution in [0.15, 0.2) is 22.7 Å². The zero-order chi connectivity index (χ0) is 13.8. The summed E-state index contributed by atoms with van der Waals surface area (Å²) in [5, 5.41) is 14.2. The summed E-state index contributed by atoms with van der Waals surface area (Å²) in [5.74, 6) is 0.851. The van der Waals surface area contributed by atoms with Crippen molar-refractivity contribution < 1.29 is 4.92 Å². The Labute approximate surface area is 121 Å². The van der Waals surface area contributed by atoms with Crippen LogP contribution < -0.4 is 5.32 Å². The number of benzene rings is 1. The lowest BCUT2D eigenvalue weighted by Gasteiger charge is -2.27. The van der Waals surface area contributed by atoms with E-state index in [0.717, 1.165) is 22.5 Å². The third-order valence-corrected chi connectivity index (χ3v) is 4.58. The molecule has 0 unspecified atom stereocenters. The van der Waals surface area contributed by atoms with Gasteiger partial charge in [0.15, 0.2) is 0 Å². The average Bonchev–Trinajstić information content (AvgIpc) is 2.39. The van der Waals surface area contributed by atoms with Crippen LogP contribution in [0.5, 0.6) is 0 Å². The van der Waals surface area contributed by atoms with E-state index in [1.54, 1.807) is 12.1 Å². The number of nitro benzene ring substituents is 1. The molecule has 4 nitrogen and oxygen atoms in total. The van der Waals surface area contributed by atoms with Crippen molar-refractivity contribution in [3.05, 3.63) is 38.3 Å². The van der Waals surface area contributed by atoms with Gasteiger partial charge < -0.3 is 5.32 Å². The van der Waals surface area contributed by atoms with Crippen molar-refractivity contribution in [2.45, 2.75) is 45.2 Å². The SMILES string of the molecule is CC1CCC(NCc2ccc([N+](=O)[O-])cc2Br)CC1. The summed E-state index contributed by atoms with van der Waals surface area (Å²) in [7, 11) is 0. The monoisotopic (exact) mass is 326 g/mol. The number of non-ortho nitro benzene ring substituents is 1. The van der Waals surface area contributed by atoms with E-state index >= 15 is 0 Å². The first-order valence-electron chi connectivity index (χ1n) is 6.72. The molecule has 0 radical (unpaired) electrons. The largest absolute Gasteiger partial charge is 0.310 e. The average molecular weight is 327 g/mol. The lowest BCUT2D eigenvalue weighted by Crippen LogP contribution is -2.32. The molecular weight excluding hydrogens is 308 g/mol. The van der Waals surface area contributed by atoms with Gasteiger partial charge in [0, 0.05) is 29.2 Å². The Hall–Kier alpha value is -0.940. The van der Waals surface area contributed by atoms with Gasteiger partial charge in [0.2, 0.25) is 0 Å². The predicted molar refractivity (Wildman–Crippen MR) is 79.1 cm³/mol. The van der Waals surface area contributed by atoms with Gasteiger partial charge in [-0.15, -0.1) is 0 Å². The highest BCUT2D eigenvalue weighted by molar-refractivity contribution is 9.10. The first-order chi connectivity index (χ1) is 9.06. The van der Waals surface area contributed by atoms with E-state index in [0.29, 0.717) is 6.04 Å². The van der Waals surface area contributed by atoms with E-state index < -0.39 is 0 Å².